The Bertz CT molecular complexity index is 1130. The molecule has 1 heterocycles. The highest BCUT2D eigenvalue weighted by molar-refractivity contribution is 5.94. The molecule has 3 aromatic carbocycles. The average Bonchev–Trinajstić information content (AvgIpc) is 2.88. The van der Waals surface area contributed by atoms with Crippen LogP contribution >= 0.6 is 0 Å². The Morgan fingerprint density at radius 3 is 2.41 bits per heavy atom. The number of benzene rings is 3. The van der Waals surface area contributed by atoms with Crippen molar-refractivity contribution in [3.05, 3.63) is 89.0 Å². The number of ether oxygens (including phenoxy) is 3. The summed E-state index contributed by atoms with van der Waals surface area (Å²) in [5.74, 6) is 1.95. The van der Waals surface area contributed by atoms with Gasteiger partial charge in [0.15, 0.2) is 11.5 Å². The van der Waals surface area contributed by atoms with Crippen molar-refractivity contribution in [2.24, 2.45) is 0 Å². The molecule has 1 N–H and O–H groups in total. The van der Waals surface area contributed by atoms with Crippen molar-refractivity contribution < 1.29 is 19.0 Å². The fourth-order valence-corrected chi connectivity index (χ4v) is 4.74. The fraction of sp³-hybridized carbons (Fsp3) is 0.321. The summed E-state index contributed by atoms with van der Waals surface area (Å²) in [5.41, 5.74) is 4.18. The molecule has 0 aromatic heterocycles. The first-order valence-electron chi connectivity index (χ1n) is 11.5. The minimum Gasteiger partial charge on any atom is -0.497 e. The van der Waals surface area contributed by atoms with E-state index < -0.39 is 0 Å². The molecule has 2 unspecified atom stereocenters. The van der Waals surface area contributed by atoms with Crippen LogP contribution in [0, 0.1) is 0 Å². The summed E-state index contributed by atoms with van der Waals surface area (Å²) in [4.78, 5) is 15.6. The highest BCUT2D eigenvalue weighted by atomic mass is 16.5. The molecule has 0 aliphatic carbocycles. The molecule has 0 spiro atoms. The van der Waals surface area contributed by atoms with Crippen LogP contribution in [0.25, 0.3) is 0 Å². The third kappa shape index (κ3) is 5.02. The van der Waals surface area contributed by atoms with E-state index in [0.29, 0.717) is 17.1 Å². The van der Waals surface area contributed by atoms with Crippen LogP contribution in [0.2, 0.25) is 0 Å². The van der Waals surface area contributed by atoms with Crippen LogP contribution in [0.3, 0.4) is 0 Å². The molecule has 2 atom stereocenters. The van der Waals surface area contributed by atoms with E-state index in [1.807, 2.05) is 18.2 Å². The zero-order chi connectivity index (χ0) is 24.1. The smallest absolute Gasteiger partial charge is 0.251 e. The van der Waals surface area contributed by atoms with Gasteiger partial charge in [0, 0.05) is 24.7 Å². The topological polar surface area (TPSA) is 60.0 Å². The standard InChI is InChI=1S/C28H32N2O4/c1-19(29-28(31)22-11-8-12-23(15-22)32-2)27-24-17-26(34-4)25(33-3)16-21(24)13-14-30(27)18-20-9-6-5-7-10-20/h5-12,15-17,19,27H,13-14,18H2,1-4H3,(H,29,31). The quantitative estimate of drug-likeness (QED) is 0.531. The lowest BCUT2D eigenvalue weighted by Gasteiger charge is -2.41. The Hall–Kier alpha value is -3.51. The monoisotopic (exact) mass is 460 g/mol. The number of carbonyl (C=O) groups is 1. The Morgan fingerprint density at radius 1 is 0.971 bits per heavy atom. The zero-order valence-electron chi connectivity index (χ0n) is 20.2. The maximum absolute atomic E-state index is 13.1. The highest BCUT2D eigenvalue weighted by Gasteiger charge is 2.34. The molecule has 6 heteroatoms. The van der Waals surface area contributed by atoms with E-state index in [0.717, 1.165) is 30.8 Å². The number of fused-ring (bicyclic) bond motifs is 1. The van der Waals surface area contributed by atoms with Crippen molar-refractivity contribution in [3.8, 4) is 17.2 Å². The maximum atomic E-state index is 13.1. The summed E-state index contributed by atoms with van der Waals surface area (Å²) in [6.45, 7) is 3.73. The van der Waals surface area contributed by atoms with Gasteiger partial charge in [-0.25, -0.2) is 0 Å². The van der Waals surface area contributed by atoms with Crippen molar-refractivity contribution in [1.82, 2.24) is 10.2 Å². The van der Waals surface area contributed by atoms with Gasteiger partial charge in [-0.05, 0) is 60.4 Å². The van der Waals surface area contributed by atoms with Gasteiger partial charge in [0.2, 0.25) is 0 Å². The second-order valence-electron chi connectivity index (χ2n) is 8.55. The number of hydrogen-bond acceptors (Lipinski definition) is 5. The number of methoxy groups -OCH3 is 3. The van der Waals surface area contributed by atoms with E-state index in [9.17, 15) is 4.79 Å². The summed E-state index contributed by atoms with van der Waals surface area (Å²) in [6.07, 6.45) is 0.898. The van der Waals surface area contributed by atoms with Crippen molar-refractivity contribution >= 4 is 5.91 Å². The molecule has 0 fully saturated rings. The van der Waals surface area contributed by atoms with Gasteiger partial charge in [-0.2, -0.15) is 0 Å². The molecule has 0 bridgehead atoms. The highest BCUT2D eigenvalue weighted by Crippen LogP contribution is 2.40. The summed E-state index contributed by atoms with van der Waals surface area (Å²) in [6, 6.07) is 21.6. The van der Waals surface area contributed by atoms with Crippen molar-refractivity contribution in [1.29, 1.82) is 0 Å². The number of rotatable bonds is 8. The normalized spacial score (nSPS) is 16.3. The van der Waals surface area contributed by atoms with E-state index in [4.69, 9.17) is 14.2 Å². The molecule has 34 heavy (non-hydrogen) atoms. The summed E-state index contributed by atoms with van der Waals surface area (Å²) in [5, 5.41) is 3.23. The van der Waals surface area contributed by atoms with Crippen LogP contribution in [-0.4, -0.2) is 44.7 Å². The third-order valence-corrected chi connectivity index (χ3v) is 6.42. The first-order chi connectivity index (χ1) is 16.5. The van der Waals surface area contributed by atoms with Crippen LogP contribution in [0.15, 0.2) is 66.7 Å². The number of carbonyl (C=O) groups excluding carboxylic acids is 1. The van der Waals surface area contributed by atoms with E-state index in [1.165, 1.54) is 11.1 Å². The van der Waals surface area contributed by atoms with Crippen LogP contribution in [0.5, 0.6) is 17.2 Å². The molecular formula is C28H32N2O4. The van der Waals surface area contributed by atoms with Crippen molar-refractivity contribution in [2.75, 3.05) is 27.9 Å². The van der Waals surface area contributed by atoms with Crippen LogP contribution in [-0.2, 0) is 13.0 Å². The van der Waals surface area contributed by atoms with Gasteiger partial charge in [-0.3, -0.25) is 9.69 Å². The number of hydrogen-bond donors (Lipinski definition) is 1. The summed E-state index contributed by atoms with van der Waals surface area (Å²) < 4.78 is 16.4. The lowest BCUT2D eigenvalue weighted by Crippen LogP contribution is -2.47. The molecule has 1 aliphatic rings. The molecule has 6 nitrogen and oxygen atoms in total. The first-order valence-corrected chi connectivity index (χ1v) is 11.5. The van der Waals surface area contributed by atoms with Crippen LogP contribution in [0.1, 0.15) is 40.0 Å². The lowest BCUT2D eigenvalue weighted by atomic mass is 9.87. The molecule has 178 valence electrons. The molecule has 0 saturated heterocycles. The number of nitrogens with one attached hydrogen (secondary N) is 1. The Kier molecular flexibility index (Phi) is 7.38. The summed E-state index contributed by atoms with van der Waals surface area (Å²) in [7, 11) is 4.91. The Balaban J connectivity index is 1.67. The van der Waals surface area contributed by atoms with Gasteiger partial charge in [0.1, 0.15) is 5.75 Å². The van der Waals surface area contributed by atoms with E-state index in [2.05, 4.69) is 53.5 Å². The number of amides is 1. The van der Waals surface area contributed by atoms with Gasteiger partial charge in [-0.1, -0.05) is 36.4 Å². The zero-order valence-corrected chi connectivity index (χ0v) is 20.2. The first kappa shape index (κ1) is 23.6. The van der Waals surface area contributed by atoms with Crippen molar-refractivity contribution in [2.45, 2.75) is 32.0 Å². The molecule has 3 aromatic rings. The average molecular weight is 461 g/mol. The number of nitrogens with zero attached hydrogens (tertiary/aromatic N) is 1. The van der Waals surface area contributed by atoms with Gasteiger partial charge >= 0.3 is 0 Å². The molecule has 4 rings (SSSR count). The second-order valence-corrected chi connectivity index (χ2v) is 8.55. The van der Waals surface area contributed by atoms with E-state index >= 15 is 0 Å². The summed E-state index contributed by atoms with van der Waals surface area (Å²) >= 11 is 0. The Morgan fingerprint density at radius 2 is 1.71 bits per heavy atom. The maximum Gasteiger partial charge on any atom is 0.251 e. The predicted molar refractivity (Wildman–Crippen MR) is 133 cm³/mol. The minimum atomic E-state index is -0.153. The lowest BCUT2D eigenvalue weighted by molar-refractivity contribution is 0.0877. The van der Waals surface area contributed by atoms with Gasteiger partial charge in [0.05, 0.1) is 27.4 Å². The fourth-order valence-electron chi connectivity index (χ4n) is 4.74. The Labute approximate surface area is 201 Å². The van der Waals surface area contributed by atoms with Crippen LogP contribution in [0.4, 0.5) is 0 Å². The molecule has 0 saturated carbocycles. The van der Waals surface area contributed by atoms with Crippen molar-refractivity contribution in [3.63, 3.8) is 0 Å². The predicted octanol–water partition coefficient (Wildman–Crippen LogP) is 4.63. The molecule has 0 radical (unpaired) electrons. The van der Waals surface area contributed by atoms with E-state index in [1.54, 1.807) is 33.5 Å². The van der Waals surface area contributed by atoms with Gasteiger partial charge in [0.25, 0.3) is 5.91 Å². The molecule has 1 amide bonds. The SMILES string of the molecule is COc1cccc(C(=O)NC(C)C2c3cc(OC)c(OC)cc3CCN2Cc2ccccc2)c1. The van der Waals surface area contributed by atoms with E-state index in [-0.39, 0.29) is 18.0 Å². The second kappa shape index (κ2) is 10.6. The third-order valence-electron chi connectivity index (χ3n) is 6.42. The molecular weight excluding hydrogens is 428 g/mol. The van der Waals surface area contributed by atoms with Gasteiger partial charge < -0.3 is 19.5 Å². The minimum absolute atomic E-state index is 0.0293. The largest absolute Gasteiger partial charge is 0.497 e. The molecule has 1 aliphatic heterocycles. The van der Waals surface area contributed by atoms with Crippen LogP contribution < -0.4 is 19.5 Å². The van der Waals surface area contributed by atoms with Gasteiger partial charge in [-0.15, -0.1) is 0 Å².